The number of esters is 1. The van der Waals surface area contributed by atoms with Crippen molar-refractivity contribution in [2.24, 2.45) is 0 Å². The molecule has 0 amide bonds. The van der Waals surface area contributed by atoms with Crippen LogP contribution in [0.2, 0.25) is 0 Å². The maximum Gasteiger partial charge on any atom is 0.355 e. The summed E-state index contributed by atoms with van der Waals surface area (Å²) >= 11 is 0. The van der Waals surface area contributed by atoms with E-state index < -0.39 is 0 Å². The largest absolute Gasteiger partial charge is 0.461 e. The van der Waals surface area contributed by atoms with Crippen LogP contribution in [-0.4, -0.2) is 27.1 Å². The van der Waals surface area contributed by atoms with Gasteiger partial charge in [-0.15, -0.1) is 0 Å². The Labute approximate surface area is 115 Å². The number of aromatic nitrogens is 3. The Bertz CT molecular complexity index is 750. The molecule has 5 heteroatoms. The van der Waals surface area contributed by atoms with Gasteiger partial charge in [0, 0.05) is 24.0 Å². The van der Waals surface area contributed by atoms with E-state index in [-0.39, 0.29) is 5.97 Å². The average Bonchev–Trinajstić information content (AvgIpc) is 2.88. The van der Waals surface area contributed by atoms with Crippen molar-refractivity contribution >= 4 is 17.0 Å². The highest BCUT2D eigenvalue weighted by atomic mass is 16.5. The second kappa shape index (κ2) is 5.13. The fourth-order valence-electron chi connectivity index (χ4n) is 2.14. The van der Waals surface area contributed by atoms with Crippen molar-refractivity contribution < 1.29 is 9.53 Å². The lowest BCUT2D eigenvalue weighted by atomic mass is 10.3. The molecule has 5 nitrogen and oxygen atoms in total. The molecule has 3 heterocycles. The Morgan fingerprint density at radius 1 is 1.25 bits per heavy atom. The molecule has 0 aliphatic carbocycles. The van der Waals surface area contributed by atoms with Gasteiger partial charge in [0.1, 0.15) is 11.3 Å². The van der Waals surface area contributed by atoms with Gasteiger partial charge in [-0.05, 0) is 37.3 Å². The van der Waals surface area contributed by atoms with E-state index in [0.29, 0.717) is 12.3 Å². The molecule has 0 fully saturated rings. The highest BCUT2D eigenvalue weighted by Gasteiger charge is 2.18. The van der Waals surface area contributed by atoms with Crippen LogP contribution in [0.1, 0.15) is 17.4 Å². The Morgan fingerprint density at radius 3 is 2.80 bits per heavy atom. The van der Waals surface area contributed by atoms with E-state index in [1.807, 2.05) is 24.3 Å². The van der Waals surface area contributed by atoms with Crippen LogP contribution in [0.5, 0.6) is 0 Å². The second-order valence-corrected chi connectivity index (χ2v) is 4.21. The van der Waals surface area contributed by atoms with Crippen LogP contribution in [0.4, 0.5) is 0 Å². The summed E-state index contributed by atoms with van der Waals surface area (Å²) in [6.07, 6.45) is 5.06. The molecule has 0 unspecified atom stereocenters. The number of pyridine rings is 2. The quantitative estimate of drug-likeness (QED) is 0.684. The van der Waals surface area contributed by atoms with Crippen molar-refractivity contribution in [1.29, 1.82) is 0 Å². The number of nitrogens with zero attached hydrogens (tertiary/aromatic N) is 3. The summed E-state index contributed by atoms with van der Waals surface area (Å²) in [5.41, 5.74) is 2.02. The molecule has 0 saturated heterocycles. The fraction of sp³-hybridized carbons (Fsp3) is 0.133. The molecular weight excluding hydrogens is 254 g/mol. The zero-order valence-electron chi connectivity index (χ0n) is 11.0. The van der Waals surface area contributed by atoms with E-state index in [0.717, 1.165) is 16.7 Å². The van der Waals surface area contributed by atoms with Gasteiger partial charge < -0.3 is 4.74 Å². The van der Waals surface area contributed by atoms with E-state index in [9.17, 15) is 4.79 Å². The number of fused-ring (bicyclic) bond motifs is 1. The molecule has 3 aromatic rings. The summed E-state index contributed by atoms with van der Waals surface area (Å²) in [6.45, 7) is 2.12. The lowest BCUT2D eigenvalue weighted by molar-refractivity contribution is 0.0517. The number of hydrogen-bond donors (Lipinski definition) is 0. The van der Waals surface area contributed by atoms with Gasteiger partial charge in [0.15, 0.2) is 0 Å². The highest BCUT2D eigenvalue weighted by Crippen LogP contribution is 2.23. The van der Waals surface area contributed by atoms with Crippen LogP contribution in [0.3, 0.4) is 0 Å². The first-order chi connectivity index (χ1) is 9.81. The summed E-state index contributed by atoms with van der Waals surface area (Å²) in [5, 5.41) is 0.896. The summed E-state index contributed by atoms with van der Waals surface area (Å²) in [4.78, 5) is 20.5. The van der Waals surface area contributed by atoms with E-state index in [1.54, 1.807) is 36.1 Å². The number of hydrogen-bond acceptors (Lipinski definition) is 4. The highest BCUT2D eigenvalue weighted by molar-refractivity contribution is 5.95. The molecule has 0 radical (unpaired) electrons. The van der Waals surface area contributed by atoms with Gasteiger partial charge in [-0.3, -0.25) is 9.55 Å². The van der Waals surface area contributed by atoms with Gasteiger partial charge in [0.2, 0.25) is 0 Å². The topological polar surface area (TPSA) is 57.0 Å². The Balaban J connectivity index is 2.26. The first-order valence-electron chi connectivity index (χ1n) is 6.35. The third-order valence-corrected chi connectivity index (χ3v) is 2.97. The van der Waals surface area contributed by atoms with Gasteiger partial charge in [-0.1, -0.05) is 0 Å². The molecule has 0 aliphatic rings. The smallest absolute Gasteiger partial charge is 0.355 e. The first kappa shape index (κ1) is 12.3. The molecule has 3 rings (SSSR count). The summed E-state index contributed by atoms with van der Waals surface area (Å²) < 4.78 is 6.90. The Kier molecular flexibility index (Phi) is 3.16. The fourth-order valence-corrected chi connectivity index (χ4v) is 2.14. The van der Waals surface area contributed by atoms with Crippen LogP contribution in [0.15, 0.2) is 48.9 Å². The Hall–Kier alpha value is -2.69. The molecule has 0 bridgehead atoms. The number of carbonyl (C=O) groups is 1. The van der Waals surface area contributed by atoms with E-state index in [1.165, 1.54) is 0 Å². The average molecular weight is 267 g/mol. The number of rotatable bonds is 3. The van der Waals surface area contributed by atoms with Crippen LogP contribution in [0, 0.1) is 0 Å². The van der Waals surface area contributed by atoms with Crippen molar-refractivity contribution in [2.75, 3.05) is 6.61 Å². The van der Waals surface area contributed by atoms with Crippen LogP contribution in [0.25, 0.3) is 16.7 Å². The molecular formula is C15H13N3O2. The van der Waals surface area contributed by atoms with E-state index >= 15 is 0 Å². The SMILES string of the molecule is CCOC(=O)c1cc2cccnc2n1-c1ccncc1. The first-order valence-corrected chi connectivity index (χ1v) is 6.35. The number of ether oxygens (including phenoxy) is 1. The maximum atomic E-state index is 12.1. The predicted molar refractivity (Wildman–Crippen MR) is 74.8 cm³/mol. The third-order valence-electron chi connectivity index (χ3n) is 2.97. The maximum absolute atomic E-state index is 12.1. The normalized spacial score (nSPS) is 10.7. The van der Waals surface area contributed by atoms with Crippen molar-refractivity contribution in [3.63, 3.8) is 0 Å². The van der Waals surface area contributed by atoms with Crippen LogP contribution in [-0.2, 0) is 4.74 Å². The monoisotopic (exact) mass is 267 g/mol. The van der Waals surface area contributed by atoms with Crippen LogP contribution >= 0.6 is 0 Å². The lowest BCUT2D eigenvalue weighted by Gasteiger charge is -2.08. The van der Waals surface area contributed by atoms with E-state index in [2.05, 4.69) is 9.97 Å². The minimum atomic E-state index is -0.359. The number of carbonyl (C=O) groups excluding carboxylic acids is 1. The summed E-state index contributed by atoms with van der Waals surface area (Å²) in [6, 6.07) is 9.21. The molecule has 0 aromatic carbocycles. The van der Waals surface area contributed by atoms with Crippen molar-refractivity contribution in [3.05, 3.63) is 54.6 Å². The van der Waals surface area contributed by atoms with Crippen molar-refractivity contribution in [3.8, 4) is 5.69 Å². The second-order valence-electron chi connectivity index (χ2n) is 4.21. The molecule has 0 N–H and O–H groups in total. The Morgan fingerprint density at radius 2 is 2.05 bits per heavy atom. The lowest BCUT2D eigenvalue weighted by Crippen LogP contribution is -2.11. The zero-order chi connectivity index (χ0) is 13.9. The van der Waals surface area contributed by atoms with Gasteiger partial charge >= 0.3 is 5.97 Å². The van der Waals surface area contributed by atoms with Gasteiger partial charge in [0.05, 0.1) is 12.3 Å². The summed E-state index contributed by atoms with van der Waals surface area (Å²) in [7, 11) is 0. The summed E-state index contributed by atoms with van der Waals surface area (Å²) in [5.74, 6) is -0.359. The minimum absolute atomic E-state index is 0.337. The van der Waals surface area contributed by atoms with Gasteiger partial charge in [-0.25, -0.2) is 9.78 Å². The molecule has 20 heavy (non-hydrogen) atoms. The van der Waals surface area contributed by atoms with Gasteiger partial charge in [0.25, 0.3) is 0 Å². The predicted octanol–water partition coefficient (Wildman–Crippen LogP) is 2.60. The molecule has 0 saturated carbocycles. The standard InChI is InChI=1S/C15H13N3O2/c1-2-20-15(19)13-10-11-4-3-7-17-14(11)18(13)12-5-8-16-9-6-12/h3-10H,2H2,1H3. The molecule has 0 atom stereocenters. The van der Waals surface area contributed by atoms with Crippen LogP contribution < -0.4 is 0 Å². The zero-order valence-corrected chi connectivity index (χ0v) is 11.0. The van der Waals surface area contributed by atoms with Gasteiger partial charge in [-0.2, -0.15) is 0 Å². The molecule has 3 aromatic heterocycles. The third kappa shape index (κ3) is 2.03. The van der Waals surface area contributed by atoms with E-state index in [4.69, 9.17) is 4.74 Å². The molecule has 100 valence electrons. The molecule has 0 aliphatic heterocycles. The minimum Gasteiger partial charge on any atom is -0.461 e. The van der Waals surface area contributed by atoms with Crippen molar-refractivity contribution in [1.82, 2.24) is 14.5 Å². The van der Waals surface area contributed by atoms with Crippen molar-refractivity contribution in [2.45, 2.75) is 6.92 Å². The molecule has 0 spiro atoms.